The first-order valence-corrected chi connectivity index (χ1v) is 7.53. The van der Waals surface area contributed by atoms with Crippen molar-refractivity contribution in [2.45, 2.75) is 6.54 Å². The van der Waals surface area contributed by atoms with Crippen LogP contribution in [0.15, 0.2) is 42.7 Å². The lowest BCUT2D eigenvalue weighted by atomic mass is 10.2. The largest absolute Gasteiger partial charge is 0.496 e. The lowest BCUT2D eigenvalue weighted by Gasteiger charge is -2.09. The number of hydrogen-bond acceptors (Lipinski definition) is 4. The van der Waals surface area contributed by atoms with Crippen LogP contribution in [0, 0.1) is 0 Å². The number of pyridine rings is 1. The second-order valence-corrected chi connectivity index (χ2v) is 5.36. The van der Waals surface area contributed by atoms with Crippen molar-refractivity contribution < 1.29 is 14.3 Å². The molecule has 6 heteroatoms. The van der Waals surface area contributed by atoms with Crippen LogP contribution in [-0.2, 0) is 13.6 Å². The van der Waals surface area contributed by atoms with Crippen LogP contribution < -0.4 is 14.8 Å². The molecule has 0 aliphatic rings. The van der Waals surface area contributed by atoms with Gasteiger partial charge in [-0.15, -0.1) is 0 Å². The van der Waals surface area contributed by atoms with Crippen LogP contribution in [0.25, 0.3) is 10.9 Å². The molecule has 6 nitrogen and oxygen atoms in total. The Hall–Kier alpha value is -3.02. The van der Waals surface area contributed by atoms with Crippen molar-refractivity contribution in [2.75, 3.05) is 14.2 Å². The second-order valence-electron chi connectivity index (χ2n) is 5.36. The highest BCUT2D eigenvalue weighted by Gasteiger charge is 2.18. The minimum Gasteiger partial charge on any atom is -0.496 e. The third-order valence-electron chi connectivity index (χ3n) is 3.99. The van der Waals surface area contributed by atoms with Gasteiger partial charge in [-0.2, -0.15) is 0 Å². The standard InChI is InChI=1S/C18H19N3O3/c1-21-14(18(22)20-11-12-6-8-19-9-7-12)10-13-15(23-2)4-5-16(24-3)17(13)21/h4-10H,11H2,1-3H3,(H,20,22). The average Bonchev–Trinajstić information content (AvgIpc) is 2.98. The molecule has 0 spiro atoms. The van der Waals surface area contributed by atoms with E-state index in [4.69, 9.17) is 9.47 Å². The van der Waals surface area contributed by atoms with E-state index in [2.05, 4.69) is 10.3 Å². The van der Waals surface area contributed by atoms with E-state index in [0.29, 0.717) is 23.7 Å². The molecule has 124 valence electrons. The van der Waals surface area contributed by atoms with Gasteiger partial charge in [-0.05, 0) is 35.9 Å². The van der Waals surface area contributed by atoms with E-state index in [-0.39, 0.29) is 5.91 Å². The highest BCUT2D eigenvalue weighted by atomic mass is 16.5. The molecule has 24 heavy (non-hydrogen) atoms. The first-order chi connectivity index (χ1) is 11.7. The number of methoxy groups -OCH3 is 2. The first-order valence-electron chi connectivity index (χ1n) is 7.53. The Bertz CT molecular complexity index is 872. The number of amides is 1. The van der Waals surface area contributed by atoms with E-state index in [0.717, 1.165) is 16.5 Å². The highest BCUT2D eigenvalue weighted by Crippen LogP contribution is 2.35. The maximum atomic E-state index is 12.6. The second kappa shape index (κ2) is 6.62. The topological polar surface area (TPSA) is 65.4 Å². The van der Waals surface area contributed by atoms with Gasteiger partial charge >= 0.3 is 0 Å². The molecule has 0 bridgehead atoms. The Morgan fingerprint density at radius 3 is 2.46 bits per heavy atom. The fraction of sp³-hybridized carbons (Fsp3) is 0.222. The molecule has 2 heterocycles. The van der Waals surface area contributed by atoms with Crippen LogP contribution in [0.4, 0.5) is 0 Å². The number of benzene rings is 1. The van der Waals surface area contributed by atoms with Crippen molar-refractivity contribution in [3.05, 3.63) is 54.0 Å². The van der Waals surface area contributed by atoms with Gasteiger partial charge in [0.05, 0.1) is 19.7 Å². The third-order valence-corrected chi connectivity index (χ3v) is 3.99. The van der Waals surface area contributed by atoms with E-state index in [9.17, 15) is 4.79 Å². The zero-order chi connectivity index (χ0) is 17.1. The van der Waals surface area contributed by atoms with Crippen molar-refractivity contribution in [3.63, 3.8) is 0 Å². The van der Waals surface area contributed by atoms with Crippen LogP contribution in [0.3, 0.4) is 0 Å². The Labute approximate surface area is 140 Å². The van der Waals surface area contributed by atoms with Gasteiger partial charge in [0.2, 0.25) is 0 Å². The van der Waals surface area contributed by atoms with Gasteiger partial charge in [-0.25, -0.2) is 0 Å². The summed E-state index contributed by atoms with van der Waals surface area (Å²) in [6.45, 7) is 0.442. The van der Waals surface area contributed by atoms with Crippen molar-refractivity contribution in [2.24, 2.45) is 7.05 Å². The number of aromatic nitrogens is 2. The molecule has 0 saturated heterocycles. The summed E-state index contributed by atoms with van der Waals surface area (Å²) in [7, 11) is 5.06. The molecule has 1 amide bonds. The fourth-order valence-corrected chi connectivity index (χ4v) is 2.74. The van der Waals surface area contributed by atoms with E-state index < -0.39 is 0 Å². The lowest BCUT2D eigenvalue weighted by molar-refractivity contribution is 0.0943. The van der Waals surface area contributed by atoms with Crippen molar-refractivity contribution in [3.8, 4) is 11.5 Å². The predicted molar refractivity (Wildman–Crippen MR) is 91.4 cm³/mol. The number of hydrogen-bond donors (Lipinski definition) is 1. The summed E-state index contributed by atoms with van der Waals surface area (Å²) < 4.78 is 12.6. The number of carbonyl (C=O) groups excluding carboxylic acids is 1. The van der Waals surface area contributed by atoms with Gasteiger partial charge in [0.25, 0.3) is 5.91 Å². The quantitative estimate of drug-likeness (QED) is 0.783. The summed E-state index contributed by atoms with van der Waals surface area (Å²) in [5.41, 5.74) is 2.36. The predicted octanol–water partition coefficient (Wildman–Crippen LogP) is 2.52. The number of nitrogens with zero attached hydrogens (tertiary/aromatic N) is 2. The number of ether oxygens (including phenoxy) is 2. The number of rotatable bonds is 5. The third kappa shape index (κ3) is 2.78. The van der Waals surface area contributed by atoms with Gasteiger partial charge in [0.1, 0.15) is 17.2 Å². The van der Waals surface area contributed by atoms with Gasteiger partial charge in [0.15, 0.2) is 0 Å². The van der Waals surface area contributed by atoms with Crippen LogP contribution in [0.5, 0.6) is 11.5 Å². The summed E-state index contributed by atoms with van der Waals surface area (Å²) >= 11 is 0. The molecule has 0 fully saturated rings. The Kier molecular flexibility index (Phi) is 4.37. The van der Waals surface area contributed by atoms with E-state index in [1.807, 2.05) is 41.9 Å². The molecule has 0 aliphatic heterocycles. The van der Waals surface area contributed by atoms with Crippen molar-refractivity contribution in [1.29, 1.82) is 0 Å². The molecular formula is C18H19N3O3. The molecule has 0 unspecified atom stereocenters. The molecule has 1 aromatic carbocycles. The number of nitrogens with one attached hydrogen (secondary N) is 1. The molecule has 1 N–H and O–H groups in total. The lowest BCUT2D eigenvalue weighted by Crippen LogP contribution is -2.24. The number of fused-ring (bicyclic) bond motifs is 1. The monoisotopic (exact) mass is 325 g/mol. The van der Waals surface area contributed by atoms with Crippen LogP contribution in [0.1, 0.15) is 16.1 Å². The maximum absolute atomic E-state index is 12.6. The van der Waals surface area contributed by atoms with E-state index in [1.54, 1.807) is 26.6 Å². The highest BCUT2D eigenvalue weighted by molar-refractivity contribution is 6.02. The van der Waals surface area contributed by atoms with Gasteiger partial charge < -0.3 is 19.4 Å². The zero-order valence-corrected chi connectivity index (χ0v) is 13.9. The van der Waals surface area contributed by atoms with Crippen LogP contribution in [-0.4, -0.2) is 29.7 Å². The Morgan fingerprint density at radius 2 is 1.79 bits per heavy atom. The minimum atomic E-state index is -0.158. The van der Waals surface area contributed by atoms with Crippen molar-refractivity contribution in [1.82, 2.24) is 14.9 Å². The molecule has 0 radical (unpaired) electrons. The first kappa shape index (κ1) is 15.9. The van der Waals surface area contributed by atoms with E-state index >= 15 is 0 Å². The Balaban J connectivity index is 1.94. The van der Waals surface area contributed by atoms with Crippen LogP contribution in [0.2, 0.25) is 0 Å². The number of aryl methyl sites for hydroxylation is 1. The summed E-state index contributed by atoms with van der Waals surface area (Å²) in [6.07, 6.45) is 3.40. The summed E-state index contributed by atoms with van der Waals surface area (Å²) in [5, 5.41) is 3.76. The smallest absolute Gasteiger partial charge is 0.268 e. The molecule has 0 aliphatic carbocycles. The average molecular weight is 325 g/mol. The molecule has 3 aromatic rings. The van der Waals surface area contributed by atoms with Crippen molar-refractivity contribution >= 4 is 16.8 Å². The molecular weight excluding hydrogens is 306 g/mol. The molecule has 0 saturated carbocycles. The molecule has 3 rings (SSSR count). The molecule has 0 atom stereocenters. The van der Waals surface area contributed by atoms with Crippen LogP contribution >= 0.6 is 0 Å². The SMILES string of the molecule is COc1ccc(OC)c2c1cc(C(=O)NCc1ccncc1)n2C. The number of carbonyl (C=O) groups is 1. The molecule has 2 aromatic heterocycles. The summed E-state index contributed by atoms with van der Waals surface area (Å²) in [4.78, 5) is 16.5. The van der Waals surface area contributed by atoms with Gasteiger partial charge in [0, 0.05) is 31.4 Å². The Morgan fingerprint density at radius 1 is 1.12 bits per heavy atom. The normalized spacial score (nSPS) is 10.6. The minimum absolute atomic E-state index is 0.158. The maximum Gasteiger partial charge on any atom is 0.268 e. The summed E-state index contributed by atoms with van der Waals surface area (Å²) in [6, 6.07) is 9.22. The summed E-state index contributed by atoms with van der Waals surface area (Å²) in [5.74, 6) is 1.24. The fourth-order valence-electron chi connectivity index (χ4n) is 2.74. The van der Waals surface area contributed by atoms with Gasteiger partial charge in [-0.1, -0.05) is 0 Å². The van der Waals surface area contributed by atoms with E-state index in [1.165, 1.54) is 0 Å². The zero-order valence-electron chi connectivity index (χ0n) is 13.9. The van der Waals surface area contributed by atoms with Gasteiger partial charge in [-0.3, -0.25) is 9.78 Å².